The summed E-state index contributed by atoms with van der Waals surface area (Å²) in [5.74, 6) is 1.52. The SMILES string of the molecule is CCCCN(CCCC(CCN)C(C)C)c1ccccc1. The largest absolute Gasteiger partial charge is 0.372 e. The minimum Gasteiger partial charge on any atom is -0.372 e. The quantitative estimate of drug-likeness (QED) is 0.640. The molecule has 1 aromatic rings. The van der Waals surface area contributed by atoms with Crippen LogP contribution in [0.4, 0.5) is 5.69 Å². The third-order valence-electron chi connectivity index (χ3n) is 4.39. The number of para-hydroxylation sites is 1. The van der Waals surface area contributed by atoms with Gasteiger partial charge in [-0.2, -0.15) is 0 Å². The second-order valence-corrected chi connectivity index (χ2v) is 6.40. The zero-order valence-corrected chi connectivity index (χ0v) is 14.2. The molecule has 0 radical (unpaired) electrons. The van der Waals surface area contributed by atoms with Crippen LogP contribution >= 0.6 is 0 Å². The van der Waals surface area contributed by atoms with Gasteiger partial charge in [0, 0.05) is 18.8 Å². The molecule has 0 aliphatic carbocycles. The van der Waals surface area contributed by atoms with Crippen molar-refractivity contribution < 1.29 is 0 Å². The van der Waals surface area contributed by atoms with Crippen molar-refractivity contribution in [2.45, 2.75) is 52.9 Å². The number of anilines is 1. The van der Waals surface area contributed by atoms with Crippen molar-refractivity contribution in [3.63, 3.8) is 0 Å². The van der Waals surface area contributed by atoms with Crippen LogP contribution in [0.1, 0.15) is 52.9 Å². The normalized spacial score (nSPS) is 12.6. The van der Waals surface area contributed by atoms with Crippen molar-refractivity contribution in [3.05, 3.63) is 30.3 Å². The van der Waals surface area contributed by atoms with Gasteiger partial charge in [0.15, 0.2) is 0 Å². The highest BCUT2D eigenvalue weighted by molar-refractivity contribution is 5.45. The topological polar surface area (TPSA) is 29.3 Å². The van der Waals surface area contributed by atoms with Crippen molar-refractivity contribution >= 4 is 5.69 Å². The first-order chi connectivity index (χ1) is 10.2. The number of rotatable bonds is 11. The van der Waals surface area contributed by atoms with E-state index in [1.165, 1.54) is 37.9 Å². The van der Waals surface area contributed by atoms with Gasteiger partial charge in [-0.15, -0.1) is 0 Å². The van der Waals surface area contributed by atoms with Crippen molar-refractivity contribution in [1.29, 1.82) is 0 Å². The van der Waals surface area contributed by atoms with E-state index in [9.17, 15) is 0 Å². The lowest BCUT2D eigenvalue weighted by molar-refractivity contribution is 0.334. The first kappa shape index (κ1) is 18.0. The maximum absolute atomic E-state index is 5.75. The van der Waals surface area contributed by atoms with E-state index in [-0.39, 0.29) is 0 Å². The second kappa shape index (κ2) is 10.7. The average molecular weight is 290 g/mol. The van der Waals surface area contributed by atoms with E-state index >= 15 is 0 Å². The average Bonchev–Trinajstić information content (AvgIpc) is 2.50. The maximum Gasteiger partial charge on any atom is 0.0366 e. The van der Waals surface area contributed by atoms with Gasteiger partial charge in [0.2, 0.25) is 0 Å². The van der Waals surface area contributed by atoms with Gasteiger partial charge in [-0.25, -0.2) is 0 Å². The first-order valence-corrected chi connectivity index (χ1v) is 8.69. The molecule has 2 nitrogen and oxygen atoms in total. The molecule has 1 rings (SSSR count). The van der Waals surface area contributed by atoms with E-state index in [1.807, 2.05) is 0 Å². The number of benzene rings is 1. The molecule has 1 unspecified atom stereocenters. The van der Waals surface area contributed by atoms with Gasteiger partial charge in [0.1, 0.15) is 0 Å². The van der Waals surface area contributed by atoms with Crippen LogP contribution in [-0.4, -0.2) is 19.6 Å². The molecule has 21 heavy (non-hydrogen) atoms. The summed E-state index contributed by atoms with van der Waals surface area (Å²) in [5, 5.41) is 0. The summed E-state index contributed by atoms with van der Waals surface area (Å²) in [6, 6.07) is 10.8. The minimum absolute atomic E-state index is 0.745. The molecule has 1 atom stereocenters. The summed E-state index contributed by atoms with van der Waals surface area (Å²) in [6.45, 7) is 10.1. The Labute approximate surface area is 131 Å². The van der Waals surface area contributed by atoms with Crippen LogP contribution in [0.15, 0.2) is 30.3 Å². The van der Waals surface area contributed by atoms with Gasteiger partial charge in [0.05, 0.1) is 0 Å². The van der Waals surface area contributed by atoms with Crippen LogP contribution in [0.2, 0.25) is 0 Å². The van der Waals surface area contributed by atoms with Gasteiger partial charge in [0.25, 0.3) is 0 Å². The Hall–Kier alpha value is -1.02. The first-order valence-electron chi connectivity index (χ1n) is 8.69. The van der Waals surface area contributed by atoms with Crippen molar-refractivity contribution in [2.24, 2.45) is 17.6 Å². The molecule has 0 bridgehead atoms. The van der Waals surface area contributed by atoms with E-state index < -0.39 is 0 Å². The summed E-state index contributed by atoms with van der Waals surface area (Å²) in [7, 11) is 0. The molecule has 1 aromatic carbocycles. The Morgan fingerprint density at radius 1 is 1.00 bits per heavy atom. The Bertz CT molecular complexity index is 348. The number of nitrogens with zero attached hydrogens (tertiary/aromatic N) is 1. The van der Waals surface area contributed by atoms with E-state index in [2.05, 4.69) is 56.0 Å². The van der Waals surface area contributed by atoms with Crippen LogP contribution < -0.4 is 10.6 Å². The third-order valence-corrected chi connectivity index (χ3v) is 4.39. The van der Waals surface area contributed by atoms with Gasteiger partial charge in [-0.1, -0.05) is 45.4 Å². The number of unbranched alkanes of at least 4 members (excludes halogenated alkanes) is 1. The summed E-state index contributed by atoms with van der Waals surface area (Å²) >= 11 is 0. The maximum atomic E-state index is 5.75. The molecule has 0 saturated carbocycles. The summed E-state index contributed by atoms with van der Waals surface area (Å²) in [4.78, 5) is 2.54. The zero-order valence-electron chi connectivity index (χ0n) is 14.2. The fraction of sp³-hybridized carbons (Fsp3) is 0.684. The highest BCUT2D eigenvalue weighted by Gasteiger charge is 2.13. The van der Waals surface area contributed by atoms with Gasteiger partial charge >= 0.3 is 0 Å². The standard InChI is InChI=1S/C19H34N2/c1-4-5-15-21(19-11-7-6-8-12-19)16-9-10-18(13-14-20)17(2)3/h6-8,11-12,17-18H,4-5,9-10,13-16,20H2,1-3H3. The molecule has 0 amide bonds. The molecule has 2 heteroatoms. The van der Waals surface area contributed by atoms with E-state index in [1.54, 1.807) is 0 Å². The van der Waals surface area contributed by atoms with Crippen LogP contribution in [0.3, 0.4) is 0 Å². The number of nitrogens with two attached hydrogens (primary N) is 1. The smallest absolute Gasteiger partial charge is 0.0366 e. The van der Waals surface area contributed by atoms with Crippen LogP contribution in [0.25, 0.3) is 0 Å². The summed E-state index contributed by atoms with van der Waals surface area (Å²) in [6.07, 6.45) is 6.25. The Balaban J connectivity index is 2.49. The highest BCUT2D eigenvalue weighted by Crippen LogP contribution is 2.22. The molecule has 0 aromatic heterocycles. The van der Waals surface area contributed by atoms with Gasteiger partial charge in [-0.3, -0.25) is 0 Å². The molecular formula is C19H34N2. The van der Waals surface area contributed by atoms with E-state index in [0.29, 0.717) is 0 Å². The number of hydrogen-bond donors (Lipinski definition) is 1. The zero-order chi connectivity index (χ0) is 15.5. The second-order valence-electron chi connectivity index (χ2n) is 6.40. The lowest BCUT2D eigenvalue weighted by Crippen LogP contribution is -2.26. The van der Waals surface area contributed by atoms with Crippen LogP contribution in [0.5, 0.6) is 0 Å². The molecule has 0 saturated heterocycles. The fourth-order valence-corrected chi connectivity index (χ4v) is 2.93. The van der Waals surface area contributed by atoms with Gasteiger partial charge in [-0.05, 0) is 56.2 Å². The molecule has 0 fully saturated rings. The lowest BCUT2D eigenvalue weighted by atomic mass is 9.88. The van der Waals surface area contributed by atoms with E-state index in [0.717, 1.165) is 31.3 Å². The third kappa shape index (κ3) is 6.99. The molecule has 2 N–H and O–H groups in total. The Morgan fingerprint density at radius 3 is 2.24 bits per heavy atom. The summed E-state index contributed by atoms with van der Waals surface area (Å²) in [5.41, 5.74) is 7.11. The molecule has 120 valence electrons. The molecular weight excluding hydrogens is 256 g/mol. The van der Waals surface area contributed by atoms with Crippen LogP contribution in [-0.2, 0) is 0 Å². The minimum atomic E-state index is 0.745. The predicted octanol–water partition coefficient (Wildman–Crippen LogP) is 4.69. The Morgan fingerprint density at radius 2 is 1.67 bits per heavy atom. The fourth-order valence-electron chi connectivity index (χ4n) is 2.93. The number of hydrogen-bond acceptors (Lipinski definition) is 2. The highest BCUT2D eigenvalue weighted by atomic mass is 15.1. The summed E-state index contributed by atoms with van der Waals surface area (Å²) < 4.78 is 0. The van der Waals surface area contributed by atoms with Gasteiger partial charge < -0.3 is 10.6 Å². The Kier molecular flexibility index (Phi) is 9.16. The molecule has 0 aliphatic rings. The molecule has 0 spiro atoms. The monoisotopic (exact) mass is 290 g/mol. The predicted molar refractivity (Wildman–Crippen MR) is 94.8 cm³/mol. The van der Waals surface area contributed by atoms with Crippen molar-refractivity contribution in [3.8, 4) is 0 Å². The van der Waals surface area contributed by atoms with Crippen molar-refractivity contribution in [1.82, 2.24) is 0 Å². The van der Waals surface area contributed by atoms with Crippen LogP contribution in [0, 0.1) is 11.8 Å². The lowest BCUT2D eigenvalue weighted by Gasteiger charge is -2.27. The van der Waals surface area contributed by atoms with Crippen molar-refractivity contribution in [2.75, 3.05) is 24.5 Å². The molecule has 0 heterocycles. The molecule has 0 aliphatic heterocycles. The van der Waals surface area contributed by atoms with E-state index in [4.69, 9.17) is 5.73 Å².